The molecule has 0 bridgehead atoms. The SMILES string of the molecule is CN(CC(=O)Nc1ccc(N2CCOCC2)cc1)CC(=O)N(C1CCCC1)C1CCS(=O)(=O)C1. The molecule has 2 amide bonds. The molecule has 4 rings (SSSR count). The third-order valence-electron chi connectivity index (χ3n) is 6.95. The molecule has 9 nitrogen and oxygen atoms in total. The highest BCUT2D eigenvalue weighted by Crippen LogP contribution is 2.29. The number of hydrogen-bond acceptors (Lipinski definition) is 7. The minimum atomic E-state index is -3.08. The van der Waals surface area contributed by atoms with Crippen molar-refractivity contribution >= 4 is 33.0 Å². The molecule has 0 aromatic heterocycles. The lowest BCUT2D eigenvalue weighted by atomic mass is 10.1. The molecule has 1 aliphatic carbocycles. The van der Waals surface area contributed by atoms with E-state index in [1.807, 2.05) is 29.2 Å². The minimum absolute atomic E-state index is 0.0554. The van der Waals surface area contributed by atoms with Gasteiger partial charge in [-0.25, -0.2) is 8.42 Å². The first-order valence-corrected chi connectivity index (χ1v) is 14.1. The Balaban J connectivity index is 1.29. The van der Waals surface area contributed by atoms with Crippen molar-refractivity contribution in [3.63, 3.8) is 0 Å². The van der Waals surface area contributed by atoms with Gasteiger partial charge in [-0.1, -0.05) is 12.8 Å². The van der Waals surface area contributed by atoms with Gasteiger partial charge in [0.25, 0.3) is 0 Å². The van der Waals surface area contributed by atoms with Gasteiger partial charge >= 0.3 is 0 Å². The Hall–Kier alpha value is -2.17. The van der Waals surface area contributed by atoms with E-state index in [4.69, 9.17) is 4.74 Å². The second kappa shape index (κ2) is 11.0. The smallest absolute Gasteiger partial charge is 0.238 e. The number of hydrogen-bond donors (Lipinski definition) is 1. The van der Waals surface area contributed by atoms with Gasteiger partial charge in [-0.3, -0.25) is 14.5 Å². The summed E-state index contributed by atoms with van der Waals surface area (Å²) < 4.78 is 29.4. The van der Waals surface area contributed by atoms with Crippen LogP contribution in [0.25, 0.3) is 0 Å². The summed E-state index contributed by atoms with van der Waals surface area (Å²) in [4.78, 5) is 31.6. The van der Waals surface area contributed by atoms with Gasteiger partial charge in [0.15, 0.2) is 9.84 Å². The zero-order valence-corrected chi connectivity index (χ0v) is 20.8. The number of carbonyl (C=O) groups excluding carboxylic acids is 2. The van der Waals surface area contributed by atoms with Gasteiger partial charge in [-0.2, -0.15) is 0 Å². The molecule has 2 aliphatic heterocycles. The normalized spacial score (nSPS) is 22.8. The number of ether oxygens (including phenoxy) is 1. The Morgan fingerprint density at radius 3 is 2.32 bits per heavy atom. The first kappa shape index (κ1) is 24.9. The Bertz CT molecular complexity index is 956. The monoisotopic (exact) mass is 492 g/mol. The van der Waals surface area contributed by atoms with E-state index in [0.717, 1.165) is 57.7 Å². The van der Waals surface area contributed by atoms with E-state index in [0.29, 0.717) is 12.1 Å². The first-order chi connectivity index (χ1) is 16.3. The van der Waals surface area contributed by atoms with Gasteiger partial charge in [0.2, 0.25) is 11.8 Å². The lowest BCUT2D eigenvalue weighted by Crippen LogP contribution is -2.50. The third kappa shape index (κ3) is 6.49. The molecular formula is C24H36N4O5S. The maximum atomic E-state index is 13.2. The quantitative estimate of drug-likeness (QED) is 0.585. The molecule has 1 aromatic carbocycles. The van der Waals surface area contributed by atoms with Crippen LogP contribution in [-0.4, -0.2) is 100 Å². The van der Waals surface area contributed by atoms with Crippen LogP contribution in [0.15, 0.2) is 24.3 Å². The fourth-order valence-corrected chi connectivity index (χ4v) is 6.99. The highest BCUT2D eigenvalue weighted by atomic mass is 32.2. The topological polar surface area (TPSA) is 99.3 Å². The number of sulfone groups is 1. The van der Waals surface area contributed by atoms with Gasteiger partial charge in [-0.05, 0) is 50.6 Å². The largest absolute Gasteiger partial charge is 0.378 e. The Morgan fingerprint density at radius 1 is 1.03 bits per heavy atom. The van der Waals surface area contributed by atoms with Crippen molar-refractivity contribution in [1.29, 1.82) is 0 Å². The van der Waals surface area contributed by atoms with Crippen molar-refractivity contribution in [3.8, 4) is 0 Å². The summed E-state index contributed by atoms with van der Waals surface area (Å²) in [5, 5.41) is 2.90. The summed E-state index contributed by atoms with van der Waals surface area (Å²) in [6.45, 7) is 3.33. The van der Waals surface area contributed by atoms with Gasteiger partial charge in [0.1, 0.15) is 0 Å². The number of rotatable bonds is 8. The molecule has 0 spiro atoms. The molecule has 1 saturated carbocycles. The van der Waals surface area contributed by atoms with Crippen molar-refractivity contribution in [1.82, 2.24) is 9.80 Å². The second-order valence-corrected chi connectivity index (χ2v) is 11.9. The van der Waals surface area contributed by atoms with Crippen molar-refractivity contribution in [2.24, 2.45) is 0 Å². The molecule has 1 N–H and O–H groups in total. The third-order valence-corrected chi connectivity index (χ3v) is 8.70. The number of nitrogens with zero attached hydrogens (tertiary/aromatic N) is 3. The van der Waals surface area contributed by atoms with Crippen LogP contribution >= 0.6 is 0 Å². The predicted octanol–water partition coefficient (Wildman–Crippen LogP) is 1.35. The standard InChI is InChI=1S/C24H36N4O5S/c1-26(16-23(29)25-19-6-8-20(9-7-19)27-11-13-33-14-12-27)17-24(30)28(21-4-2-3-5-21)22-10-15-34(31,32)18-22/h6-9,21-22H,2-5,10-18H2,1H3,(H,25,29). The van der Waals surface area contributed by atoms with Gasteiger partial charge < -0.3 is 19.9 Å². The Labute approximate surface area is 202 Å². The zero-order chi connectivity index (χ0) is 24.1. The molecule has 2 saturated heterocycles. The fourth-order valence-electron chi connectivity index (χ4n) is 5.27. The zero-order valence-electron chi connectivity index (χ0n) is 19.9. The van der Waals surface area contributed by atoms with Crippen molar-refractivity contribution in [2.75, 3.05) is 68.2 Å². The van der Waals surface area contributed by atoms with E-state index in [-0.39, 0.29) is 48.5 Å². The minimum Gasteiger partial charge on any atom is -0.378 e. The summed E-state index contributed by atoms with van der Waals surface area (Å²) in [6.07, 6.45) is 4.49. The number of carbonyl (C=O) groups is 2. The van der Waals surface area contributed by atoms with E-state index in [2.05, 4.69) is 10.2 Å². The lowest BCUT2D eigenvalue weighted by Gasteiger charge is -2.35. The van der Waals surface area contributed by atoms with E-state index < -0.39 is 9.84 Å². The van der Waals surface area contributed by atoms with Crippen molar-refractivity contribution in [3.05, 3.63) is 24.3 Å². The van der Waals surface area contributed by atoms with Crippen LogP contribution < -0.4 is 10.2 Å². The van der Waals surface area contributed by atoms with Gasteiger partial charge in [-0.15, -0.1) is 0 Å². The average Bonchev–Trinajstić information content (AvgIpc) is 3.44. The molecule has 3 fully saturated rings. The molecule has 1 aromatic rings. The lowest BCUT2D eigenvalue weighted by molar-refractivity contribution is -0.136. The molecule has 1 unspecified atom stereocenters. The molecular weight excluding hydrogens is 456 g/mol. The Kier molecular flexibility index (Phi) is 8.10. The van der Waals surface area contributed by atoms with E-state index >= 15 is 0 Å². The molecule has 1 atom stereocenters. The van der Waals surface area contributed by atoms with Crippen molar-refractivity contribution < 1.29 is 22.7 Å². The van der Waals surface area contributed by atoms with E-state index in [1.54, 1.807) is 11.9 Å². The number of likely N-dealkylation sites (N-methyl/N-ethyl adjacent to an activating group) is 1. The van der Waals surface area contributed by atoms with Crippen LogP contribution in [0.3, 0.4) is 0 Å². The summed E-state index contributed by atoms with van der Waals surface area (Å²) >= 11 is 0. The number of amides is 2. The maximum absolute atomic E-state index is 13.2. The van der Waals surface area contributed by atoms with Gasteiger partial charge in [0.05, 0.1) is 37.8 Å². The van der Waals surface area contributed by atoms with Crippen LogP contribution in [-0.2, 0) is 24.2 Å². The van der Waals surface area contributed by atoms with Crippen LogP contribution in [0.1, 0.15) is 32.1 Å². The molecule has 2 heterocycles. The highest BCUT2D eigenvalue weighted by Gasteiger charge is 2.39. The summed E-state index contributed by atoms with van der Waals surface area (Å²) in [5.41, 5.74) is 1.82. The van der Waals surface area contributed by atoms with Crippen molar-refractivity contribution in [2.45, 2.75) is 44.2 Å². The summed E-state index contributed by atoms with van der Waals surface area (Å²) in [7, 11) is -1.33. The van der Waals surface area contributed by atoms with Crippen LogP contribution in [0.5, 0.6) is 0 Å². The second-order valence-electron chi connectivity index (χ2n) is 9.66. The fraction of sp³-hybridized carbons (Fsp3) is 0.667. The maximum Gasteiger partial charge on any atom is 0.238 e. The number of anilines is 2. The van der Waals surface area contributed by atoms with Crippen LogP contribution in [0, 0.1) is 0 Å². The number of benzene rings is 1. The summed E-state index contributed by atoms with van der Waals surface area (Å²) in [6, 6.07) is 7.62. The van der Waals surface area contributed by atoms with Crippen LogP contribution in [0.2, 0.25) is 0 Å². The summed E-state index contributed by atoms with van der Waals surface area (Å²) in [5.74, 6) is -0.0687. The van der Waals surface area contributed by atoms with Crippen LogP contribution in [0.4, 0.5) is 11.4 Å². The first-order valence-electron chi connectivity index (χ1n) is 12.2. The van der Waals surface area contributed by atoms with Gasteiger partial charge in [0, 0.05) is 36.5 Å². The average molecular weight is 493 g/mol. The predicted molar refractivity (Wildman–Crippen MR) is 132 cm³/mol. The highest BCUT2D eigenvalue weighted by molar-refractivity contribution is 7.91. The molecule has 0 radical (unpaired) electrons. The molecule has 34 heavy (non-hydrogen) atoms. The molecule has 3 aliphatic rings. The van der Waals surface area contributed by atoms with E-state index in [1.165, 1.54) is 0 Å². The number of nitrogens with one attached hydrogen (secondary N) is 1. The Morgan fingerprint density at radius 2 is 1.71 bits per heavy atom. The van der Waals surface area contributed by atoms with E-state index in [9.17, 15) is 18.0 Å². The molecule has 10 heteroatoms. The molecule has 188 valence electrons. The number of morpholine rings is 1.